The van der Waals surface area contributed by atoms with Crippen LogP contribution in [-0.2, 0) is 19.3 Å². The van der Waals surface area contributed by atoms with Gasteiger partial charge in [0.25, 0.3) is 0 Å². The number of aromatic amines is 1. The fraction of sp³-hybridized carbons (Fsp3) is 0.385. The summed E-state index contributed by atoms with van der Waals surface area (Å²) in [5.74, 6) is 0.950. The van der Waals surface area contributed by atoms with Crippen LogP contribution in [0.1, 0.15) is 23.7 Å². The van der Waals surface area contributed by atoms with Crippen LogP contribution in [0.15, 0.2) is 24.4 Å². The summed E-state index contributed by atoms with van der Waals surface area (Å²) in [4.78, 5) is 0. The fourth-order valence-corrected chi connectivity index (χ4v) is 1.86. The highest BCUT2D eigenvalue weighted by Gasteiger charge is 2.05. The van der Waals surface area contributed by atoms with E-state index in [-0.39, 0.29) is 0 Å². The van der Waals surface area contributed by atoms with Gasteiger partial charge in [-0.3, -0.25) is 0 Å². The van der Waals surface area contributed by atoms with Gasteiger partial charge in [-0.1, -0.05) is 19.1 Å². The summed E-state index contributed by atoms with van der Waals surface area (Å²) in [6.45, 7) is 2.16. The molecule has 0 unspecified atom stereocenters. The van der Waals surface area contributed by atoms with Gasteiger partial charge in [0.15, 0.2) is 0 Å². The first-order valence-corrected chi connectivity index (χ1v) is 5.84. The number of hydrogen-bond donors (Lipinski definition) is 1. The normalized spacial score (nSPS) is 10.5. The first-order valence-electron chi connectivity index (χ1n) is 5.84. The van der Waals surface area contributed by atoms with Crippen molar-refractivity contribution in [1.82, 2.24) is 15.4 Å². The second kappa shape index (κ2) is 5.48. The second-order valence-corrected chi connectivity index (χ2v) is 3.96. The summed E-state index contributed by atoms with van der Waals surface area (Å²) < 4.78 is 5.37. The van der Waals surface area contributed by atoms with Crippen molar-refractivity contribution in [2.45, 2.75) is 26.2 Å². The average Bonchev–Trinajstić information content (AvgIpc) is 2.89. The number of rotatable bonds is 5. The minimum atomic E-state index is 0.875. The van der Waals surface area contributed by atoms with Crippen LogP contribution in [0.2, 0.25) is 0 Å². The van der Waals surface area contributed by atoms with Crippen LogP contribution in [0.5, 0.6) is 5.75 Å². The van der Waals surface area contributed by atoms with E-state index in [9.17, 15) is 0 Å². The zero-order chi connectivity index (χ0) is 12.1. The Labute approximate surface area is 101 Å². The van der Waals surface area contributed by atoms with E-state index >= 15 is 0 Å². The van der Waals surface area contributed by atoms with Crippen LogP contribution in [0.3, 0.4) is 0 Å². The molecule has 90 valence electrons. The highest BCUT2D eigenvalue weighted by atomic mass is 16.5. The lowest BCUT2D eigenvalue weighted by Gasteiger charge is -2.09. The predicted molar refractivity (Wildman–Crippen MR) is 66.2 cm³/mol. The Bertz CT molecular complexity index is 466. The van der Waals surface area contributed by atoms with Crippen molar-refractivity contribution in [3.63, 3.8) is 0 Å². The molecule has 1 heterocycles. The monoisotopic (exact) mass is 231 g/mol. The molecule has 0 fully saturated rings. The maximum absolute atomic E-state index is 5.37. The number of nitrogens with zero attached hydrogens (tertiary/aromatic N) is 2. The lowest BCUT2D eigenvalue weighted by Crippen LogP contribution is -1.97. The molecule has 0 radical (unpaired) electrons. The van der Waals surface area contributed by atoms with Crippen molar-refractivity contribution in [1.29, 1.82) is 0 Å². The maximum atomic E-state index is 5.37. The number of methoxy groups -OCH3 is 1. The Morgan fingerprint density at radius 3 is 2.82 bits per heavy atom. The molecule has 4 nitrogen and oxygen atoms in total. The fourth-order valence-electron chi connectivity index (χ4n) is 1.86. The molecule has 0 aliphatic heterocycles. The van der Waals surface area contributed by atoms with E-state index in [1.807, 2.05) is 6.07 Å². The Balaban J connectivity index is 2.12. The lowest BCUT2D eigenvalue weighted by atomic mass is 10.0. The molecular weight excluding hydrogens is 214 g/mol. The van der Waals surface area contributed by atoms with E-state index in [0.29, 0.717) is 0 Å². The summed E-state index contributed by atoms with van der Waals surface area (Å²) in [6.07, 6.45) is 4.60. The van der Waals surface area contributed by atoms with Crippen LogP contribution in [0.25, 0.3) is 0 Å². The molecule has 0 bridgehead atoms. The molecule has 0 aliphatic rings. The first kappa shape index (κ1) is 11.6. The average molecular weight is 231 g/mol. The molecule has 0 amide bonds. The van der Waals surface area contributed by atoms with Crippen LogP contribution in [-0.4, -0.2) is 22.5 Å². The minimum absolute atomic E-state index is 0.875. The second-order valence-electron chi connectivity index (χ2n) is 3.96. The SMILES string of the molecule is CCc1ccc(OC)c(CCc2cn[nH]n2)c1. The van der Waals surface area contributed by atoms with Crippen molar-refractivity contribution in [3.8, 4) is 5.75 Å². The summed E-state index contributed by atoms with van der Waals surface area (Å²) >= 11 is 0. The van der Waals surface area contributed by atoms with Gasteiger partial charge in [-0.05, 0) is 36.5 Å². The maximum Gasteiger partial charge on any atom is 0.122 e. The Hall–Kier alpha value is -1.84. The standard InChI is InChI=1S/C13H17N3O/c1-3-10-4-7-13(17-2)11(8-10)5-6-12-9-14-16-15-12/h4,7-9H,3,5-6H2,1-2H3,(H,14,15,16). The van der Waals surface area contributed by atoms with Gasteiger partial charge in [0, 0.05) is 0 Å². The van der Waals surface area contributed by atoms with Gasteiger partial charge < -0.3 is 4.74 Å². The molecule has 0 aliphatic carbocycles. The smallest absolute Gasteiger partial charge is 0.122 e. The van der Waals surface area contributed by atoms with Gasteiger partial charge in [-0.25, -0.2) is 0 Å². The predicted octanol–water partition coefficient (Wildman–Crippen LogP) is 2.16. The summed E-state index contributed by atoms with van der Waals surface area (Å²) in [5, 5.41) is 10.5. The topological polar surface area (TPSA) is 50.8 Å². The van der Waals surface area contributed by atoms with Crippen LogP contribution < -0.4 is 4.74 Å². The number of H-pyrrole nitrogens is 1. The highest BCUT2D eigenvalue weighted by Crippen LogP contribution is 2.21. The molecule has 0 spiro atoms. The molecule has 2 aromatic rings. The number of nitrogens with one attached hydrogen (secondary N) is 1. The third kappa shape index (κ3) is 2.84. The minimum Gasteiger partial charge on any atom is -0.496 e. The third-order valence-corrected chi connectivity index (χ3v) is 2.87. The molecule has 4 heteroatoms. The van der Waals surface area contributed by atoms with Crippen molar-refractivity contribution < 1.29 is 4.74 Å². The molecule has 17 heavy (non-hydrogen) atoms. The Morgan fingerprint density at radius 1 is 1.29 bits per heavy atom. The van der Waals surface area contributed by atoms with Crippen LogP contribution >= 0.6 is 0 Å². The molecule has 2 rings (SSSR count). The van der Waals surface area contributed by atoms with E-state index in [4.69, 9.17) is 4.74 Å². The van der Waals surface area contributed by atoms with Gasteiger partial charge in [0.2, 0.25) is 0 Å². The third-order valence-electron chi connectivity index (χ3n) is 2.87. The van der Waals surface area contributed by atoms with Gasteiger partial charge in [0.05, 0.1) is 19.0 Å². The molecule has 1 N–H and O–H groups in total. The molecule has 0 saturated heterocycles. The number of ether oxygens (including phenoxy) is 1. The molecule has 1 aromatic carbocycles. The highest BCUT2D eigenvalue weighted by molar-refractivity contribution is 5.37. The van der Waals surface area contributed by atoms with Crippen molar-refractivity contribution in [2.75, 3.05) is 7.11 Å². The van der Waals surface area contributed by atoms with Gasteiger partial charge in [-0.2, -0.15) is 15.4 Å². The zero-order valence-electron chi connectivity index (χ0n) is 10.2. The number of hydrogen-bond acceptors (Lipinski definition) is 3. The van der Waals surface area contributed by atoms with Gasteiger partial charge in [-0.15, -0.1) is 0 Å². The lowest BCUT2D eigenvalue weighted by molar-refractivity contribution is 0.409. The van der Waals surface area contributed by atoms with Crippen molar-refractivity contribution in [2.24, 2.45) is 0 Å². The molecular formula is C13H17N3O. The van der Waals surface area contributed by atoms with Gasteiger partial charge in [0.1, 0.15) is 5.75 Å². The van der Waals surface area contributed by atoms with Gasteiger partial charge >= 0.3 is 0 Å². The summed E-state index contributed by atoms with van der Waals surface area (Å²) in [6, 6.07) is 6.36. The van der Waals surface area contributed by atoms with Crippen LogP contribution in [0.4, 0.5) is 0 Å². The Kier molecular flexibility index (Phi) is 3.75. The Morgan fingerprint density at radius 2 is 2.18 bits per heavy atom. The van der Waals surface area contributed by atoms with E-state index in [1.54, 1.807) is 13.3 Å². The van der Waals surface area contributed by atoms with Crippen molar-refractivity contribution >= 4 is 0 Å². The molecule has 1 aromatic heterocycles. The van der Waals surface area contributed by atoms with E-state index in [1.165, 1.54) is 11.1 Å². The number of benzene rings is 1. The van der Waals surface area contributed by atoms with E-state index in [0.717, 1.165) is 30.7 Å². The largest absolute Gasteiger partial charge is 0.496 e. The number of aromatic nitrogens is 3. The quantitative estimate of drug-likeness (QED) is 0.858. The first-order chi connectivity index (χ1) is 8.33. The van der Waals surface area contributed by atoms with E-state index in [2.05, 4.69) is 34.5 Å². The molecule has 0 atom stereocenters. The zero-order valence-corrected chi connectivity index (χ0v) is 10.2. The summed E-state index contributed by atoms with van der Waals surface area (Å²) in [7, 11) is 1.71. The van der Waals surface area contributed by atoms with Crippen LogP contribution in [0, 0.1) is 0 Å². The summed E-state index contributed by atoms with van der Waals surface area (Å²) in [5.41, 5.74) is 3.55. The number of aryl methyl sites for hydroxylation is 3. The molecule has 0 saturated carbocycles. The van der Waals surface area contributed by atoms with E-state index < -0.39 is 0 Å². The van der Waals surface area contributed by atoms with Crippen molar-refractivity contribution in [3.05, 3.63) is 41.2 Å².